The van der Waals surface area contributed by atoms with Crippen LogP contribution in [-0.2, 0) is 4.89 Å². The summed E-state index contributed by atoms with van der Waals surface area (Å²) in [5.74, 6) is -1.12. The van der Waals surface area contributed by atoms with E-state index in [0.29, 0.717) is 23.7 Å². The molecular formula is C22H20Cl2N6O5. The minimum absolute atomic E-state index is 0.0437. The molecule has 2 aromatic heterocycles. The lowest BCUT2D eigenvalue weighted by atomic mass is 10.1. The number of benzene rings is 1. The molecule has 11 nitrogen and oxygen atoms in total. The van der Waals surface area contributed by atoms with Crippen molar-refractivity contribution in [2.24, 2.45) is 0 Å². The van der Waals surface area contributed by atoms with Crippen LogP contribution in [-0.4, -0.2) is 57.7 Å². The van der Waals surface area contributed by atoms with Gasteiger partial charge >= 0.3 is 6.09 Å². The molecule has 0 saturated carbocycles. The number of nitrogens with one attached hydrogen (secondary N) is 2. The zero-order valence-electron chi connectivity index (χ0n) is 18.7. The molecule has 0 spiro atoms. The van der Waals surface area contributed by atoms with Gasteiger partial charge in [0.1, 0.15) is 5.69 Å². The van der Waals surface area contributed by atoms with E-state index in [1.54, 1.807) is 25.1 Å². The first kappa shape index (κ1) is 24.3. The van der Waals surface area contributed by atoms with E-state index in [1.807, 2.05) is 0 Å². The summed E-state index contributed by atoms with van der Waals surface area (Å²) < 4.78 is 1.15. The van der Waals surface area contributed by atoms with Gasteiger partial charge in [-0.3, -0.25) is 14.5 Å². The van der Waals surface area contributed by atoms with Gasteiger partial charge in [0, 0.05) is 37.4 Å². The van der Waals surface area contributed by atoms with Crippen LogP contribution in [0, 0.1) is 6.92 Å². The van der Waals surface area contributed by atoms with E-state index in [1.165, 1.54) is 30.3 Å². The number of aromatic nitrogens is 3. The highest BCUT2D eigenvalue weighted by Crippen LogP contribution is 2.28. The van der Waals surface area contributed by atoms with Crippen LogP contribution in [0.4, 0.5) is 10.5 Å². The molecule has 3 amide bonds. The van der Waals surface area contributed by atoms with Gasteiger partial charge in [-0.1, -0.05) is 23.2 Å². The molecule has 2 N–H and O–H groups in total. The van der Waals surface area contributed by atoms with Crippen LogP contribution in [0.25, 0.3) is 5.82 Å². The van der Waals surface area contributed by atoms with Gasteiger partial charge in [-0.15, -0.1) is 5.10 Å². The minimum atomic E-state index is -0.667. The predicted molar refractivity (Wildman–Crippen MR) is 127 cm³/mol. The number of carbonyl (C=O) groups excluding carboxylic acids is 3. The van der Waals surface area contributed by atoms with Gasteiger partial charge in [-0.05, 0) is 43.2 Å². The van der Waals surface area contributed by atoms with E-state index < -0.39 is 17.9 Å². The maximum absolute atomic E-state index is 13.4. The number of amides is 3. The summed E-state index contributed by atoms with van der Waals surface area (Å²) in [6.07, 6.45) is 1.69. The quantitative estimate of drug-likeness (QED) is 0.376. The number of anilines is 1. The van der Waals surface area contributed by atoms with Gasteiger partial charge in [0.2, 0.25) is 0 Å². The van der Waals surface area contributed by atoms with Crippen LogP contribution in [0.15, 0.2) is 36.5 Å². The Hall–Kier alpha value is -3.83. The Morgan fingerprint density at radius 2 is 1.89 bits per heavy atom. The number of rotatable bonds is 6. The lowest BCUT2D eigenvalue weighted by molar-refractivity contribution is -0.161. The number of hydrogen-bond acceptors (Lipinski definition) is 7. The fourth-order valence-corrected chi connectivity index (χ4v) is 3.76. The Kier molecular flexibility index (Phi) is 7.08. The number of halogens is 2. The minimum Gasteiger partial charge on any atom is -0.355 e. The smallest absolute Gasteiger partial charge is 0.355 e. The van der Waals surface area contributed by atoms with Gasteiger partial charge in [0.15, 0.2) is 5.82 Å². The third kappa shape index (κ3) is 5.15. The SMILES string of the molecule is CNC(=O)c1cc(Cl)cc(C)c1NC(=O)c1cc(OOC(=O)N2CCC2)nn1-c1ncccc1Cl. The zero-order chi connectivity index (χ0) is 25.1. The molecule has 4 rings (SSSR count). The number of nitrogens with zero attached hydrogens (tertiary/aromatic N) is 4. The fraction of sp³-hybridized carbons (Fsp3) is 0.227. The second-order valence-electron chi connectivity index (χ2n) is 7.54. The van der Waals surface area contributed by atoms with Gasteiger partial charge in [-0.25, -0.2) is 19.3 Å². The second kappa shape index (κ2) is 10.2. The van der Waals surface area contributed by atoms with Crippen LogP contribution < -0.4 is 15.5 Å². The molecule has 3 aromatic rings. The van der Waals surface area contributed by atoms with Crippen molar-refractivity contribution in [3.63, 3.8) is 0 Å². The fourth-order valence-electron chi connectivity index (χ4n) is 3.29. The van der Waals surface area contributed by atoms with E-state index in [4.69, 9.17) is 33.0 Å². The molecule has 1 aliphatic rings. The number of hydrogen-bond donors (Lipinski definition) is 2. The highest BCUT2D eigenvalue weighted by Gasteiger charge is 2.26. The summed E-state index contributed by atoms with van der Waals surface area (Å²) in [6, 6.07) is 7.51. The maximum atomic E-state index is 13.4. The number of carbonyl (C=O) groups is 3. The van der Waals surface area contributed by atoms with Gasteiger partial charge in [0.05, 0.1) is 16.3 Å². The van der Waals surface area contributed by atoms with Crippen LogP contribution >= 0.6 is 23.2 Å². The molecule has 3 heterocycles. The maximum Gasteiger partial charge on any atom is 0.452 e. The molecule has 182 valence electrons. The zero-order valence-corrected chi connectivity index (χ0v) is 20.2. The normalized spacial score (nSPS) is 12.5. The molecule has 1 aromatic carbocycles. The van der Waals surface area contributed by atoms with Gasteiger partial charge in [-0.2, -0.15) is 0 Å². The first-order valence-electron chi connectivity index (χ1n) is 10.5. The molecule has 13 heteroatoms. The lowest BCUT2D eigenvalue weighted by Crippen LogP contribution is -2.42. The largest absolute Gasteiger partial charge is 0.452 e. The van der Waals surface area contributed by atoms with Crippen molar-refractivity contribution < 1.29 is 24.2 Å². The van der Waals surface area contributed by atoms with E-state index in [0.717, 1.165) is 11.1 Å². The highest BCUT2D eigenvalue weighted by atomic mass is 35.5. The Labute approximate surface area is 209 Å². The van der Waals surface area contributed by atoms with Crippen molar-refractivity contribution in [1.82, 2.24) is 25.0 Å². The summed E-state index contributed by atoms with van der Waals surface area (Å²) in [7, 11) is 1.47. The summed E-state index contributed by atoms with van der Waals surface area (Å²) in [4.78, 5) is 53.2. The van der Waals surface area contributed by atoms with Gasteiger partial charge in [0.25, 0.3) is 17.7 Å². The van der Waals surface area contributed by atoms with Crippen LogP contribution in [0.1, 0.15) is 32.8 Å². The Morgan fingerprint density at radius 3 is 2.54 bits per heavy atom. The molecule has 1 saturated heterocycles. The molecule has 1 aliphatic heterocycles. The monoisotopic (exact) mass is 518 g/mol. The van der Waals surface area contributed by atoms with Gasteiger partial charge < -0.3 is 15.5 Å². The number of pyridine rings is 1. The van der Waals surface area contributed by atoms with Crippen molar-refractivity contribution in [3.05, 3.63) is 63.4 Å². The molecule has 0 unspecified atom stereocenters. The number of aryl methyl sites for hydroxylation is 1. The average molecular weight is 519 g/mol. The lowest BCUT2D eigenvalue weighted by Gasteiger charge is -2.28. The second-order valence-corrected chi connectivity index (χ2v) is 8.38. The molecule has 0 radical (unpaired) electrons. The Balaban J connectivity index is 1.68. The molecule has 0 aliphatic carbocycles. The topological polar surface area (TPSA) is 128 Å². The standard InChI is InChI=1S/C22H20Cl2N6O5/c1-12-9-13(23)10-14(20(31)25-2)18(12)27-21(32)16-11-17(34-35-22(33)29-7-4-8-29)28-30(16)19-15(24)5-3-6-26-19/h3,5-6,9-11H,4,7-8H2,1-2H3,(H,25,31)(H,27,32). The molecule has 1 fully saturated rings. The average Bonchev–Trinajstić information content (AvgIpc) is 3.22. The van der Waals surface area contributed by atoms with E-state index in [-0.39, 0.29) is 33.7 Å². The van der Waals surface area contributed by atoms with Crippen LogP contribution in [0.2, 0.25) is 10.0 Å². The first-order chi connectivity index (χ1) is 16.8. The van der Waals surface area contributed by atoms with E-state index in [9.17, 15) is 14.4 Å². The van der Waals surface area contributed by atoms with Crippen molar-refractivity contribution in [3.8, 4) is 11.7 Å². The highest BCUT2D eigenvalue weighted by molar-refractivity contribution is 6.32. The third-order valence-electron chi connectivity index (χ3n) is 5.18. The third-order valence-corrected chi connectivity index (χ3v) is 5.70. The Morgan fingerprint density at radius 1 is 1.11 bits per heavy atom. The van der Waals surface area contributed by atoms with Crippen molar-refractivity contribution in [1.29, 1.82) is 0 Å². The first-order valence-corrected chi connectivity index (χ1v) is 11.2. The summed E-state index contributed by atoms with van der Waals surface area (Å²) >= 11 is 12.4. The Bertz CT molecular complexity index is 1310. The molecular weight excluding hydrogens is 499 g/mol. The van der Waals surface area contributed by atoms with Crippen molar-refractivity contribution in [2.75, 3.05) is 25.5 Å². The summed E-state index contributed by atoms with van der Waals surface area (Å²) in [6.45, 7) is 2.84. The molecule has 0 atom stereocenters. The van der Waals surface area contributed by atoms with E-state index in [2.05, 4.69) is 20.7 Å². The van der Waals surface area contributed by atoms with Crippen LogP contribution in [0.3, 0.4) is 0 Å². The van der Waals surface area contributed by atoms with Crippen molar-refractivity contribution in [2.45, 2.75) is 13.3 Å². The molecule has 0 bridgehead atoms. The predicted octanol–water partition coefficient (Wildman–Crippen LogP) is 3.63. The summed E-state index contributed by atoms with van der Waals surface area (Å²) in [5.41, 5.74) is 0.946. The van der Waals surface area contributed by atoms with Crippen LogP contribution in [0.5, 0.6) is 5.88 Å². The number of likely N-dealkylation sites (tertiary alicyclic amines) is 1. The molecule has 35 heavy (non-hydrogen) atoms. The van der Waals surface area contributed by atoms with Crippen molar-refractivity contribution >= 4 is 46.8 Å². The van der Waals surface area contributed by atoms with E-state index >= 15 is 0 Å². The summed E-state index contributed by atoms with van der Waals surface area (Å²) in [5, 5.41) is 9.97.